The first kappa shape index (κ1) is 23.5. The molecule has 0 heteroatoms. The van der Waals surface area contributed by atoms with Gasteiger partial charge in [-0.05, 0) is 79.4 Å². The maximum absolute atomic E-state index is 2.68. The lowest BCUT2D eigenvalue weighted by atomic mass is 9.47. The fraction of sp³-hybridized carbons (Fsp3) is 0.846. The number of hydrogen-bond donors (Lipinski definition) is 0. The predicted molar refractivity (Wildman–Crippen MR) is 119 cm³/mol. The third-order valence-corrected chi connectivity index (χ3v) is 7.68. The average Bonchev–Trinajstić information content (AvgIpc) is 3.09. The van der Waals surface area contributed by atoms with Crippen molar-refractivity contribution < 1.29 is 0 Å². The highest BCUT2D eigenvalue weighted by molar-refractivity contribution is 5.26. The van der Waals surface area contributed by atoms with Gasteiger partial charge in [0.1, 0.15) is 0 Å². The molecule has 4 aliphatic rings. The van der Waals surface area contributed by atoms with Gasteiger partial charge in [-0.15, -0.1) is 0 Å². The van der Waals surface area contributed by atoms with Crippen molar-refractivity contribution in [1.29, 1.82) is 0 Å². The van der Waals surface area contributed by atoms with Crippen LogP contribution in [-0.2, 0) is 0 Å². The lowest BCUT2D eigenvalue weighted by Crippen LogP contribution is -2.48. The van der Waals surface area contributed by atoms with E-state index < -0.39 is 0 Å². The second-order valence-electron chi connectivity index (χ2n) is 8.79. The molecule has 26 heavy (non-hydrogen) atoms. The summed E-state index contributed by atoms with van der Waals surface area (Å²) in [7, 11) is 0. The summed E-state index contributed by atoms with van der Waals surface area (Å²) in [5.74, 6) is 3.81. The molecule has 2 fully saturated rings. The zero-order chi connectivity index (χ0) is 20.0. The minimum absolute atomic E-state index is 0.533. The van der Waals surface area contributed by atoms with E-state index in [-0.39, 0.29) is 0 Å². The Hall–Kier alpha value is -0.520. The molecule has 0 aliphatic heterocycles. The SMILES string of the molecule is CC.CC.CC.CC1CCC2(C)C(=CCC3C4CC=CC4(C)CCC32)C1. The van der Waals surface area contributed by atoms with Crippen LogP contribution in [0, 0.1) is 34.5 Å². The van der Waals surface area contributed by atoms with E-state index in [1.54, 1.807) is 0 Å². The summed E-state index contributed by atoms with van der Waals surface area (Å²) in [4.78, 5) is 0. The minimum atomic E-state index is 0.533. The zero-order valence-electron chi connectivity index (χ0n) is 19.5. The predicted octanol–water partition coefficient (Wildman–Crippen LogP) is 8.83. The van der Waals surface area contributed by atoms with E-state index in [0.717, 1.165) is 23.7 Å². The van der Waals surface area contributed by atoms with Crippen molar-refractivity contribution in [3.8, 4) is 0 Å². The van der Waals surface area contributed by atoms with E-state index in [4.69, 9.17) is 0 Å². The van der Waals surface area contributed by atoms with E-state index in [2.05, 4.69) is 39.0 Å². The molecule has 0 amide bonds. The van der Waals surface area contributed by atoms with E-state index in [1.807, 2.05) is 47.1 Å². The van der Waals surface area contributed by atoms with Gasteiger partial charge in [-0.1, -0.05) is 86.1 Å². The lowest BCUT2D eigenvalue weighted by molar-refractivity contribution is -0.0167. The Morgan fingerprint density at radius 3 is 2.15 bits per heavy atom. The summed E-state index contributed by atoms with van der Waals surface area (Å²) in [6.45, 7) is 19.6. The number of allylic oxidation sites excluding steroid dienone is 4. The van der Waals surface area contributed by atoms with Gasteiger partial charge in [0.25, 0.3) is 0 Å². The van der Waals surface area contributed by atoms with Gasteiger partial charge in [0.05, 0.1) is 0 Å². The van der Waals surface area contributed by atoms with Crippen LogP contribution >= 0.6 is 0 Å². The lowest BCUT2D eigenvalue weighted by Gasteiger charge is -2.57. The number of hydrogen-bond acceptors (Lipinski definition) is 0. The highest BCUT2D eigenvalue weighted by Gasteiger charge is 2.54. The molecule has 4 rings (SSSR count). The summed E-state index contributed by atoms with van der Waals surface area (Å²) in [6.07, 6.45) is 17.7. The summed E-state index contributed by atoms with van der Waals surface area (Å²) in [6, 6.07) is 0. The normalized spacial score (nSPS) is 42.1. The first-order chi connectivity index (χ1) is 12.5. The summed E-state index contributed by atoms with van der Waals surface area (Å²) in [5, 5.41) is 0. The Kier molecular flexibility index (Phi) is 9.17. The van der Waals surface area contributed by atoms with Crippen LogP contribution in [0.15, 0.2) is 23.8 Å². The van der Waals surface area contributed by atoms with Crippen LogP contribution in [0.25, 0.3) is 0 Å². The van der Waals surface area contributed by atoms with Crippen molar-refractivity contribution in [3.63, 3.8) is 0 Å². The average molecular weight is 361 g/mol. The monoisotopic (exact) mass is 360 g/mol. The Morgan fingerprint density at radius 2 is 1.50 bits per heavy atom. The number of fused-ring (bicyclic) bond motifs is 5. The molecule has 0 aromatic carbocycles. The van der Waals surface area contributed by atoms with Crippen molar-refractivity contribution >= 4 is 0 Å². The van der Waals surface area contributed by atoms with Crippen molar-refractivity contribution in [2.24, 2.45) is 34.5 Å². The van der Waals surface area contributed by atoms with Gasteiger partial charge in [0, 0.05) is 0 Å². The van der Waals surface area contributed by atoms with Crippen LogP contribution in [0.4, 0.5) is 0 Å². The molecule has 0 aromatic rings. The molecule has 0 spiro atoms. The quantitative estimate of drug-likeness (QED) is 0.378. The van der Waals surface area contributed by atoms with Gasteiger partial charge in [-0.3, -0.25) is 0 Å². The fourth-order valence-corrected chi connectivity index (χ4v) is 6.33. The van der Waals surface area contributed by atoms with Gasteiger partial charge in [0.15, 0.2) is 0 Å². The van der Waals surface area contributed by atoms with E-state index in [0.29, 0.717) is 10.8 Å². The maximum Gasteiger partial charge on any atom is -0.00851 e. The van der Waals surface area contributed by atoms with Crippen LogP contribution in [-0.4, -0.2) is 0 Å². The molecule has 0 N–H and O–H groups in total. The van der Waals surface area contributed by atoms with Crippen LogP contribution in [0.2, 0.25) is 0 Å². The van der Waals surface area contributed by atoms with Crippen molar-refractivity contribution in [3.05, 3.63) is 23.8 Å². The molecule has 0 saturated heterocycles. The summed E-state index contributed by atoms with van der Waals surface area (Å²) >= 11 is 0. The Balaban J connectivity index is 0.000000515. The summed E-state index contributed by atoms with van der Waals surface area (Å²) < 4.78 is 0. The van der Waals surface area contributed by atoms with Gasteiger partial charge in [-0.2, -0.15) is 0 Å². The zero-order valence-corrected chi connectivity index (χ0v) is 19.5. The van der Waals surface area contributed by atoms with Crippen molar-refractivity contribution in [2.75, 3.05) is 0 Å². The standard InChI is InChI=1S/C20H30.3C2H6/c1-14-8-12-20(3)15(13-14)6-7-16-17-5-4-10-19(17,2)11-9-18(16)20;3*1-2/h4,6,10,14,16-18H,5,7-9,11-13H2,1-3H3;3*1-2H3. The van der Waals surface area contributed by atoms with Gasteiger partial charge >= 0.3 is 0 Å². The van der Waals surface area contributed by atoms with Gasteiger partial charge in [-0.25, -0.2) is 0 Å². The molecule has 0 aromatic heterocycles. The molecule has 152 valence electrons. The molecular formula is C26H48. The van der Waals surface area contributed by atoms with Crippen molar-refractivity contribution in [2.45, 2.75) is 107 Å². The highest BCUT2D eigenvalue weighted by atomic mass is 14.6. The Labute approximate surface area is 165 Å². The smallest absolute Gasteiger partial charge is 0.00851 e. The first-order valence-corrected chi connectivity index (χ1v) is 11.9. The molecular weight excluding hydrogens is 312 g/mol. The second-order valence-corrected chi connectivity index (χ2v) is 8.79. The van der Waals surface area contributed by atoms with Crippen LogP contribution in [0.5, 0.6) is 0 Å². The molecule has 6 unspecified atom stereocenters. The first-order valence-electron chi connectivity index (χ1n) is 11.9. The third kappa shape index (κ3) is 4.15. The molecule has 6 atom stereocenters. The summed E-state index contributed by atoms with van der Waals surface area (Å²) in [5.41, 5.74) is 2.93. The van der Waals surface area contributed by atoms with Crippen LogP contribution in [0.1, 0.15) is 107 Å². The Bertz CT molecular complexity index is 470. The molecule has 2 saturated carbocycles. The third-order valence-electron chi connectivity index (χ3n) is 7.68. The van der Waals surface area contributed by atoms with Crippen LogP contribution < -0.4 is 0 Å². The van der Waals surface area contributed by atoms with Crippen molar-refractivity contribution in [1.82, 2.24) is 0 Å². The molecule has 0 nitrogen and oxygen atoms in total. The topological polar surface area (TPSA) is 0 Å². The maximum atomic E-state index is 2.68. The largest absolute Gasteiger partial charge is 0.0877 e. The fourth-order valence-electron chi connectivity index (χ4n) is 6.33. The minimum Gasteiger partial charge on any atom is -0.0877 e. The molecule has 0 bridgehead atoms. The van der Waals surface area contributed by atoms with Gasteiger partial charge < -0.3 is 0 Å². The van der Waals surface area contributed by atoms with E-state index >= 15 is 0 Å². The highest BCUT2D eigenvalue weighted by Crippen LogP contribution is 2.63. The molecule has 0 radical (unpaired) electrons. The van der Waals surface area contributed by atoms with Gasteiger partial charge in [0.2, 0.25) is 0 Å². The van der Waals surface area contributed by atoms with E-state index in [1.165, 1.54) is 44.9 Å². The second kappa shape index (κ2) is 10.1. The number of rotatable bonds is 0. The van der Waals surface area contributed by atoms with E-state index in [9.17, 15) is 0 Å². The Morgan fingerprint density at radius 1 is 0.846 bits per heavy atom. The molecule has 4 aliphatic carbocycles. The van der Waals surface area contributed by atoms with Crippen LogP contribution in [0.3, 0.4) is 0 Å². The molecule has 0 heterocycles.